The molecule has 0 radical (unpaired) electrons. The fourth-order valence-electron chi connectivity index (χ4n) is 2.40. The molecule has 1 aliphatic heterocycles. The van der Waals surface area contributed by atoms with E-state index in [-0.39, 0.29) is 0 Å². The lowest BCUT2D eigenvalue weighted by Gasteiger charge is -2.30. The van der Waals surface area contributed by atoms with Gasteiger partial charge in [0.2, 0.25) is 0 Å². The zero-order chi connectivity index (χ0) is 9.68. The van der Waals surface area contributed by atoms with E-state index in [1.165, 1.54) is 32.4 Å². The molecule has 0 unspecified atom stereocenters. The zero-order valence-corrected chi connectivity index (χ0v) is 9.05. The van der Waals surface area contributed by atoms with Gasteiger partial charge in [0.25, 0.3) is 0 Å². The molecule has 1 rings (SSSR count). The van der Waals surface area contributed by atoms with Gasteiger partial charge in [-0.15, -0.1) is 0 Å². The molecule has 0 aliphatic carbocycles. The third kappa shape index (κ3) is 3.65. The lowest BCUT2D eigenvalue weighted by Crippen LogP contribution is -2.35. The number of hydrogen-bond donors (Lipinski definition) is 2. The second-order valence-electron chi connectivity index (χ2n) is 4.71. The highest BCUT2D eigenvalue weighted by molar-refractivity contribution is 4.77. The Morgan fingerprint density at radius 2 is 1.92 bits per heavy atom. The maximum atomic E-state index is 5.83. The van der Waals surface area contributed by atoms with Crippen LogP contribution >= 0.6 is 0 Å². The van der Waals surface area contributed by atoms with Crippen molar-refractivity contribution < 1.29 is 0 Å². The highest BCUT2D eigenvalue weighted by atomic mass is 14.9. The summed E-state index contributed by atoms with van der Waals surface area (Å²) in [5.41, 5.74) is 5.83. The number of piperidine rings is 1. The maximum Gasteiger partial charge on any atom is -0.00461 e. The Labute approximate surface area is 82.3 Å². The molecule has 1 aliphatic rings. The van der Waals surface area contributed by atoms with Crippen LogP contribution in [0.5, 0.6) is 0 Å². The average Bonchev–Trinajstić information content (AvgIpc) is 2.15. The van der Waals surface area contributed by atoms with E-state index in [1.807, 2.05) is 0 Å². The van der Waals surface area contributed by atoms with Crippen LogP contribution in [0.4, 0.5) is 0 Å². The third-order valence-electron chi connectivity index (χ3n) is 3.13. The van der Waals surface area contributed by atoms with Crippen LogP contribution in [0.25, 0.3) is 0 Å². The van der Waals surface area contributed by atoms with Crippen LogP contribution in [0.1, 0.15) is 33.1 Å². The Morgan fingerprint density at radius 3 is 2.38 bits per heavy atom. The first-order chi connectivity index (χ1) is 6.24. The molecule has 2 heteroatoms. The SMILES string of the molecule is CC(C)C[C@H](CN)C1CCNCC1. The standard InChI is InChI=1S/C11H24N2/c1-9(2)7-11(8-12)10-3-5-13-6-4-10/h9-11,13H,3-8,12H2,1-2H3/t11-/m1/s1. The highest BCUT2D eigenvalue weighted by Gasteiger charge is 2.22. The van der Waals surface area contributed by atoms with Gasteiger partial charge in [-0.3, -0.25) is 0 Å². The van der Waals surface area contributed by atoms with Gasteiger partial charge in [-0.25, -0.2) is 0 Å². The first-order valence-electron chi connectivity index (χ1n) is 5.64. The van der Waals surface area contributed by atoms with Gasteiger partial charge in [0.15, 0.2) is 0 Å². The van der Waals surface area contributed by atoms with Crippen molar-refractivity contribution in [2.45, 2.75) is 33.1 Å². The van der Waals surface area contributed by atoms with E-state index in [1.54, 1.807) is 0 Å². The lowest BCUT2D eigenvalue weighted by atomic mass is 9.80. The van der Waals surface area contributed by atoms with Crippen LogP contribution in [-0.2, 0) is 0 Å². The van der Waals surface area contributed by atoms with Crippen LogP contribution in [-0.4, -0.2) is 19.6 Å². The van der Waals surface area contributed by atoms with Crippen LogP contribution in [0, 0.1) is 17.8 Å². The molecule has 0 amide bonds. The summed E-state index contributed by atoms with van der Waals surface area (Å²) < 4.78 is 0. The summed E-state index contributed by atoms with van der Waals surface area (Å²) >= 11 is 0. The summed E-state index contributed by atoms with van der Waals surface area (Å²) in [5, 5.41) is 3.41. The Morgan fingerprint density at radius 1 is 1.31 bits per heavy atom. The molecule has 13 heavy (non-hydrogen) atoms. The van der Waals surface area contributed by atoms with E-state index in [2.05, 4.69) is 19.2 Å². The Balaban J connectivity index is 2.34. The molecule has 0 saturated carbocycles. The molecule has 0 spiro atoms. The molecule has 1 atom stereocenters. The molecular formula is C11H24N2. The van der Waals surface area contributed by atoms with E-state index in [9.17, 15) is 0 Å². The van der Waals surface area contributed by atoms with Crippen LogP contribution in [0.15, 0.2) is 0 Å². The maximum absolute atomic E-state index is 5.83. The first kappa shape index (κ1) is 11.0. The first-order valence-corrected chi connectivity index (χ1v) is 5.64. The number of nitrogens with two attached hydrogens (primary N) is 1. The van der Waals surface area contributed by atoms with Gasteiger partial charge >= 0.3 is 0 Å². The minimum Gasteiger partial charge on any atom is -0.330 e. The summed E-state index contributed by atoms with van der Waals surface area (Å²) in [6.07, 6.45) is 3.96. The van der Waals surface area contributed by atoms with Crippen molar-refractivity contribution in [2.75, 3.05) is 19.6 Å². The van der Waals surface area contributed by atoms with Gasteiger partial charge in [-0.1, -0.05) is 13.8 Å². The highest BCUT2D eigenvalue weighted by Crippen LogP contribution is 2.26. The number of hydrogen-bond acceptors (Lipinski definition) is 2. The van der Waals surface area contributed by atoms with Crippen molar-refractivity contribution in [1.82, 2.24) is 5.32 Å². The van der Waals surface area contributed by atoms with Gasteiger partial charge in [0.05, 0.1) is 0 Å². The molecular weight excluding hydrogens is 160 g/mol. The topological polar surface area (TPSA) is 38.0 Å². The zero-order valence-electron chi connectivity index (χ0n) is 9.05. The van der Waals surface area contributed by atoms with Crippen molar-refractivity contribution in [1.29, 1.82) is 0 Å². The number of nitrogens with one attached hydrogen (secondary N) is 1. The van der Waals surface area contributed by atoms with Gasteiger partial charge in [-0.05, 0) is 56.7 Å². The summed E-state index contributed by atoms with van der Waals surface area (Å²) in [7, 11) is 0. The smallest absolute Gasteiger partial charge is 0.00461 e. The normalized spacial score (nSPS) is 22.2. The summed E-state index contributed by atoms with van der Waals surface area (Å²) in [5.74, 6) is 2.44. The second-order valence-corrected chi connectivity index (χ2v) is 4.71. The van der Waals surface area contributed by atoms with E-state index in [0.717, 1.165) is 24.3 Å². The fraction of sp³-hybridized carbons (Fsp3) is 1.00. The third-order valence-corrected chi connectivity index (χ3v) is 3.13. The number of rotatable bonds is 4. The summed E-state index contributed by atoms with van der Waals surface area (Å²) in [6.45, 7) is 7.86. The minimum absolute atomic E-state index is 0.766. The van der Waals surface area contributed by atoms with E-state index in [4.69, 9.17) is 5.73 Å². The quantitative estimate of drug-likeness (QED) is 0.696. The van der Waals surface area contributed by atoms with E-state index >= 15 is 0 Å². The predicted octanol–water partition coefficient (Wildman–Crippen LogP) is 1.61. The predicted molar refractivity (Wildman–Crippen MR) is 57.6 cm³/mol. The Bertz CT molecular complexity index is 128. The van der Waals surface area contributed by atoms with E-state index < -0.39 is 0 Å². The molecule has 1 fully saturated rings. The van der Waals surface area contributed by atoms with Crippen LogP contribution < -0.4 is 11.1 Å². The lowest BCUT2D eigenvalue weighted by molar-refractivity contribution is 0.232. The molecule has 78 valence electrons. The molecule has 3 N–H and O–H groups in total. The van der Waals surface area contributed by atoms with Crippen molar-refractivity contribution in [2.24, 2.45) is 23.5 Å². The van der Waals surface area contributed by atoms with Gasteiger partial charge in [0, 0.05) is 0 Å². The second kappa shape index (κ2) is 5.61. The van der Waals surface area contributed by atoms with Crippen molar-refractivity contribution >= 4 is 0 Å². The molecule has 0 bridgehead atoms. The van der Waals surface area contributed by atoms with Crippen molar-refractivity contribution in [3.05, 3.63) is 0 Å². The van der Waals surface area contributed by atoms with Gasteiger partial charge < -0.3 is 11.1 Å². The van der Waals surface area contributed by atoms with Crippen molar-refractivity contribution in [3.8, 4) is 0 Å². The average molecular weight is 184 g/mol. The Kier molecular flexibility index (Phi) is 4.74. The van der Waals surface area contributed by atoms with Gasteiger partial charge in [-0.2, -0.15) is 0 Å². The molecule has 1 saturated heterocycles. The Hall–Kier alpha value is -0.0800. The summed E-state index contributed by atoms with van der Waals surface area (Å²) in [4.78, 5) is 0. The van der Waals surface area contributed by atoms with Gasteiger partial charge in [0.1, 0.15) is 0 Å². The molecule has 0 aromatic rings. The summed E-state index contributed by atoms with van der Waals surface area (Å²) in [6, 6.07) is 0. The van der Waals surface area contributed by atoms with Crippen LogP contribution in [0.3, 0.4) is 0 Å². The van der Waals surface area contributed by atoms with E-state index in [0.29, 0.717) is 0 Å². The fourth-order valence-corrected chi connectivity index (χ4v) is 2.40. The monoisotopic (exact) mass is 184 g/mol. The van der Waals surface area contributed by atoms with Crippen molar-refractivity contribution in [3.63, 3.8) is 0 Å². The molecule has 0 aromatic carbocycles. The molecule has 0 aromatic heterocycles. The van der Waals surface area contributed by atoms with Crippen LogP contribution in [0.2, 0.25) is 0 Å². The molecule has 2 nitrogen and oxygen atoms in total. The largest absolute Gasteiger partial charge is 0.330 e. The minimum atomic E-state index is 0.766. The molecule has 1 heterocycles.